The van der Waals surface area contributed by atoms with Gasteiger partial charge in [-0.25, -0.2) is 12.7 Å². The van der Waals surface area contributed by atoms with Crippen LogP contribution in [-0.2, 0) is 23.1 Å². The van der Waals surface area contributed by atoms with E-state index in [0.717, 1.165) is 23.0 Å². The highest BCUT2D eigenvalue weighted by Crippen LogP contribution is 2.31. The maximum atomic E-state index is 13.1. The zero-order valence-electron chi connectivity index (χ0n) is 19.6. The molecule has 0 atom stereocenters. The third-order valence-corrected chi connectivity index (χ3v) is 8.42. The van der Waals surface area contributed by atoms with Gasteiger partial charge in [-0.2, -0.15) is 0 Å². The number of carbonyl (C=O) groups excluding carboxylic acids is 2. The van der Waals surface area contributed by atoms with E-state index < -0.39 is 15.9 Å². The number of rotatable bonds is 6. The number of amides is 2. The van der Waals surface area contributed by atoms with E-state index >= 15 is 0 Å². The molecule has 0 aromatic heterocycles. The van der Waals surface area contributed by atoms with E-state index in [4.69, 9.17) is 0 Å². The lowest BCUT2D eigenvalue weighted by atomic mass is 10.1. The largest absolute Gasteiger partial charge is 0.371 e. The van der Waals surface area contributed by atoms with Crippen LogP contribution >= 0.6 is 0 Å². The molecular weight excluding hydrogens is 462 g/mol. The highest BCUT2D eigenvalue weighted by molar-refractivity contribution is 7.90. The number of sulfonamides is 1. The summed E-state index contributed by atoms with van der Waals surface area (Å²) < 4.78 is 26.5. The molecule has 3 aromatic rings. The minimum absolute atomic E-state index is 0.0348. The van der Waals surface area contributed by atoms with Crippen LogP contribution in [0.15, 0.2) is 77.7 Å². The molecule has 2 aliphatic heterocycles. The molecule has 0 spiro atoms. The van der Waals surface area contributed by atoms with Gasteiger partial charge in [0.1, 0.15) is 4.90 Å². The van der Waals surface area contributed by atoms with Crippen molar-refractivity contribution in [2.45, 2.75) is 30.8 Å². The second-order valence-corrected chi connectivity index (χ2v) is 10.8. The molecule has 0 N–H and O–H groups in total. The minimum Gasteiger partial charge on any atom is -0.371 e. The summed E-state index contributed by atoms with van der Waals surface area (Å²) >= 11 is 0. The Labute approximate surface area is 205 Å². The molecular formula is C27H27N3O4S. The molecule has 5 rings (SSSR count). The topological polar surface area (TPSA) is 78.0 Å². The Morgan fingerprint density at radius 3 is 2.29 bits per heavy atom. The molecule has 180 valence electrons. The molecule has 7 nitrogen and oxygen atoms in total. The van der Waals surface area contributed by atoms with Crippen molar-refractivity contribution in [2.24, 2.45) is 0 Å². The van der Waals surface area contributed by atoms with Crippen LogP contribution in [-0.4, -0.2) is 49.6 Å². The molecule has 0 unspecified atom stereocenters. The SMILES string of the molecule is CN(Cc1ccccc1N1CCCC1)C(=O)c1ccc(CN2C(=O)c3ccccc3S2(=O)=O)cc1. The molecule has 0 bridgehead atoms. The van der Waals surface area contributed by atoms with Crippen LogP contribution in [0.1, 0.15) is 44.7 Å². The summed E-state index contributed by atoms with van der Waals surface area (Å²) in [5, 5.41) is 0. The fraction of sp³-hybridized carbons (Fsp3) is 0.259. The Kier molecular flexibility index (Phi) is 6.06. The smallest absolute Gasteiger partial charge is 0.269 e. The van der Waals surface area contributed by atoms with Crippen LogP contribution in [0, 0.1) is 0 Å². The number of fused-ring (bicyclic) bond motifs is 1. The molecule has 2 heterocycles. The van der Waals surface area contributed by atoms with Crippen molar-refractivity contribution in [3.8, 4) is 0 Å². The number of hydrogen-bond donors (Lipinski definition) is 0. The minimum atomic E-state index is -3.87. The lowest BCUT2D eigenvalue weighted by Gasteiger charge is -2.24. The number of nitrogens with zero attached hydrogens (tertiary/aromatic N) is 3. The molecule has 2 aliphatic rings. The third kappa shape index (κ3) is 4.30. The second-order valence-electron chi connectivity index (χ2n) is 8.99. The summed E-state index contributed by atoms with van der Waals surface area (Å²) in [5.74, 6) is -0.651. The number of hydrogen-bond acceptors (Lipinski definition) is 5. The highest BCUT2D eigenvalue weighted by atomic mass is 32.2. The van der Waals surface area contributed by atoms with E-state index in [9.17, 15) is 18.0 Å². The van der Waals surface area contributed by atoms with E-state index in [1.807, 2.05) is 12.1 Å². The molecule has 35 heavy (non-hydrogen) atoms. The van der Waals surface area contributed by atoms with Gasteiger partial charge in [-0.15, -0.1) is 0 Å². The standard InChI is InChI=1S/C27H27N3O4S/c1-28(19-22-8-2-4-10-24(22)29-16-6-7-17-29)26(31)21-14-12-20(13-15-21)18-30-27(32)23-9-3-5-11-25(23)35(30,33)34/h2-5,8-15H,6-7,16-19H2,1H3. The Morgan fingerprint density at radius 2 is 1.57 bits per heavy atom. The van der Waals surface area contributed by atoms with Gasteiger partial charge in [-0.05, 0) is 54.3 Å². The molecule has 0 radical (unpaired) electrons. The van der Waals surface area contributed by atoms with Gasteiger partial charge in [-0.3, -0.25) is 9.59 Å². The van der Waals surface area contributed by atoms with Crippen LogP contribution in [0.2, 0.25) is 0 Å². The van der Waals surface area contributed by atoms with Crippen molar-refractivity contribution in [1.82, 2.24) is 9.21 Å². The van der Waals surface area contributed by atoms with Crippen LogP contribution in [0.5, 0.6) is 0 Å². The Bertz CT molecular complexity index is 1380. The van der Waals surface area contributed by atoms with Gasteiger partial charge in [0.05, 0.1) is 12.1 Å². The average molecular weight is 490 g/mol. The summed E-state index contributed by atoms with van der Waals surface area (Å²) in [4.78, 5) is 29.8. The van der Waals surface area contributed by atoms with Crippen molar-refractivity contribution < 1.29 is 18.0 Å². The lowest BCUT2D eigenvalue weighted by molar-refractivity contribution is 0.0784. The van der Waals surface area contributed by atoms with Gasteiger partial charge in [0.15, 0.2) is 0 Å². The second kappa shape index (κ2) is 9.19. The Hall–Kier alpha value is -3.65. The predicted molar refractivity (Wildman–Crippen MR) is 134 cm³/mol. The predicted octanol–water partition coefficient (Wildman–Crippen LogP) is 3.90. The average Bonchev–Trinajstić information content (AvgIpc) is 3.47. The van der Waals surface area contributed by atoms with Crippen LogP contribution in [0.4, 0.5) is 5.69 Å². The molecule has 1 saturated heterocycles. The maximum absolute atomic E-state index is 13.1. The van der Waals surface area contributed by atoms with E-state index in [1.165, 1.54) is 30.7 Å². The van der Waals surface area contributed by atoms with Gasteiger partial charge in [0.25, 0.3) is 21.8 Å². The summed E-state index contributed by atoms with van der Waals surface area (Å²) in [6.45, 7) is 2.49. The number of anilines is 1. The van der Waals surface area contributed by atoms with Crippen molar-refractivity contribution in [2.75, 3.05) is 25.0 Å². The number of carbonyl (C=O) groups is 2. The quantitative estimate of drug-likeness (QED) is 0.525. The molecule has 0 saturated carbocycles. The zero-order valence-corrected chi connectivity index (χ0v) is 20.4. The summed E-state index contributed by atoms with van der Waals surface area (Å²) in [5.41, 5.74) is 3.62. The fourth-order valence-electron chi connectivity index (χ4n) is 4.76. The summed E-state index contributed by atoms with van der Waals surface area (Å²) in [7, 11) is -2.09. The first kappa shape index (κ1) is 23.1. The lowest BCUT2D eigenvalue weighted by Crippen LogP contribution is -2.29. The summed E-state index contributed by atoms with van der Waals surface area (Å²) in [6.07, 6.45) is 2.37. The van der Waals surface area contributed by atoms with Gasteiger partial charge in [0, 0.05) is 37.9 Å². The molecule has 0 aliphatic carbocycles. The fourth-order valence-corrected chi connectivity index (χ4v) is 6.32. The highest BCUT2D eigenvalue weighted by Gasteiger charge is 2.40. The zero-order chi connectivity index (χ0) is 24.6. The van der Waals surface area contributed by atoms with Crippen LogP contribution < -0.4 is 4.90 Å². The van der Waals surface area contributed by atoms with Gasteiger partial charge in [-0.1, -0.05) is 42.5 Å². The maximum Gasteiger partial charge on any atom is 0.269 e. The molecule has 3 aromatic carbocycles. The first-order valence-electron chi connectivity index (χ1n) is 11.7. The van der Waals surface area contributed by atoms with Crippen molar-refractivity contribution in [1.29, 1.82) is 0 Å². The third-order valence-electron chi connectivity index (χ3n) is 6.63. The Balaban J connectivity index is 1.28. The van der Waals surface area contributed by atoms with Crippen LogP contribution in [0.25, 0.3) is 0 Å². The van der Waals surface area contributed by atoms with E-state index in [0.29, 0.717) is 17.7 Å². The van der Waals surface area contributed by atoms with Crippen molar-refractivity contribution >= 4 is 27.5 Å². The molecule has 2 amide bonds. The van der Waals surface area contributed by atoms with E-state index in [-0.39, 0.29) is 22.9 Å². The van der Waals surface area contributed by atoms with E-state index in [1.54, 1.807) is 48.3 Å². The molecule has 8 heteroatoms. The number of para-hydroxylation sites is 1. The normalized spacial score (nSPS) is 16.4. The first-order chi connectivity index (χ1) is 16.9. The van der Waals surface area contributed by atoms with Gasteiger partial charge >= 0.3 is 0 Å². The van der Waals surface area contributed by atoms with Gasteiger partial charge < -0.3 is 9.80 Å². The monoisotopic (exact) mass is 489 g/mol. The van der Waals surface area contributed by atoms with Crippen molar-refractivity contribution in [3.63, 3.8) is 0 Å². The number of benzene rings is 3. The molecule has 1 fully saturated rings. The van der Waals surface area contributed by atoms with Crippen molar-refractivity contribution in [3.05, 3.63) is 95.1 Å². The Morgan fingerprint density at radius 1 is 0.914 bits per heavy atom. The van der Waals surface area contributed by atoms with E-state index in [2.05, 4.69) is 17.0 Å². The van der Waals surface area contributed by atoms with Gasteiger partial charge in [0.2, 0.25) is 0 Å². The summed E-state index contributed by atoms with van der Waals surface area (Å²) in [6, 6.07) is 21.2. The van der Waals surface area contributed by atoms with Crippen LogP contribution in [0.3, 0.4) is 0 Å². The first-order valence-corrected chi connectivity index (χ1v) is 13.1.